The summed E-state index contributed by atoms with van der Waals surface area (Å²) in [5.74, 6) is -2.79. The Balaban J connectivity index is 1.57. The van der Waals surface area contributed by atoms with Crippen molar-refractivity contribution in [2.24, 2.45) is 0 Å². The van der Waals surface area contributed by atoms with Gasteiger partial charge >= 0.3 is 17.8 Å². The first-order valence-electron chi connectivity index (χ1n) is 9.27. The molecule has 1 aromatic carbocycles. The Bertz CT molecular complexity index is 1050. The van der Waals surface area contributed by atoms with Crippen LogP contribution in [0.3, 0.4) is 0 Å². The van der Waals surface area contributed by atoms with Crippen LogP contribution in [0.15, 0.2) is 41.8 Å². The van der Waals surface area contributed by atoms with Crippen LogP contribution in [0, 0.1) is 0 Å². The molecule has 154 valence electrons. The molecule has 6 amide bonds. The van der Waals surface area contributed by atoms with Gasteiger partial charge in [-0.15, -0.1) is 11.3 Å². The molecule has 1 fully saturated rings. The van der Waals surface area contributed by atoms with E-state index in [2.05, 4.69) is 5.32 Å². The number of benzene rings is 1. The smallest absolute Gasteiger partial charge is 0.324 e. The standard InChI is InChI=1S/C20H18N4O5S/c1-12-9-16(25)21-14-6-2-3-7-15(14)24(12)17(26)11-23-19(28)18(27)22(20(23)29)10-13-5-4-8-30-13/h2-8,12H,9-11H2,1H3,(H,21,25). The number of hydrogen-bond donors (Lipinski definition) is 1. The van der Waals surface area contributed by atoms with Crippen LogP contribution < -0.4 is 10.2 Å². The quantitative estimate of drug-likeness (QED) is 0.593. The molecule has 2 aliphatic heterocycles. The highest BCUT2D eigenvalue weighted by Gasteiger charge is 2.46. The summed E-state index contributed by atoms with van der Waals surface area (Å²) >= 11 is 1.36. The SMILES string of the molecule is CC1CC(=O)Nc2ccccc2N1C(=O)CN1C(=O)C(=O)N(Cc2cccs2)C1=O. The van der Waals surface area contributed by atoms with Gasteiger partial charge < -0.3 is 10.2 Å². The van der Waals surface area contributed by atoms with E-state index in [4.69, 9.17) is 0 Å². The lowest BCUT2D eigenvalue weighted by Crippen LogP contribution is -2.47. The Labute approximate surface area is 175 Å². The number of anilines is 2. The van der Waals surface area contributed by atoms with E-state index < -0.39 is 36.3 Å². The van der Waals surface area contributed by atoms with Crippen LogP contribution in [0.5, 0.6) is 0 Å². The lowest BCUT2D eigenvalue weighted by Gasteiger charge is -2.29. The van der Waals surface area contributed by atoms with Crippen molar-refractivity contribution in [1.29, 1.82) is 0 Å². The van der Waals surface area contributed by atoms with Crippen LogP contribution in [0.25, 0.3) is 0 Å². The maximum Gasteiger partial charge on any atom is 0.335 e. The van der Waals surface area contributed by atoms with Gasteiger partial charge in [-0.25, -0.2) is 9.69 Å². The molecular weight excluding hydrogens is 408 g/mol. The zero-order valence-electron chi connectivity index (χ0n) is 16.0. The van der Waals surface area contributed by atoms with Crippen LogP contribution >= 0.6 is 11.3 Å². The van der Waals surface area contributed by atoms with Crippen LogP contribution in [0.2, 0.25) is 0 Å². The Morgan fingerprint density at radius 3 is 2.53 bits per heavy atom. The van der Waals surface area contributed by atoms with Crippen molar-refractivity contribution < 1.29 is 24.0 Å². The van der Waals surface area contributed by atoms with Gasteiger partial charge in [-0.2, -0.15) is 0 Å². The Hall–Kier alpha value is -3.53. The minimum atomic E-state index is -1.03. The van der Waals surface area contributed by atoms with Crippen molar-refractivity contribution in [2.45, 2.75) is 25.9 Å². The van der Waals surface area contributed by atoms with Gasteiger partial charge in [0, 0.05) is 17.3 Å². The van der Waals surface area contributed by atoms with Gasteiger partial charge in [0.1, 0.15) is 6.54 Å². The molecule has 1 unspecified atom stereocenters. The number of urea groups is 1. The Morgan fingerprint density at radius 1 is 1.07 bits per heavy atom. The number of carbonyl (C=O) groups excluding carboxylic acids is 5. The van der Waals surface area contributed by atoms with Crippen molar-refractivity contribution in [3.05, 3.63) is 46.7 Å². The summed E-state index contributed by atoms with van der Waals surface area (Å²) in [6, 6.07) is 9.02. The molecule has 0 radical (unpaired) electrons. The van der Waals surface area contributed by atoms with E-state index >= 15 is 0 Å². The lowest BCUT2D eigenvalue weighted by molar-refractivity contribution is -0.144. The molecule has 9 nitrogen and oxygen atoms in total. The van der Waals surface area contributed by atoms with Crippen molar-refractivity contribution in [3.8, 4) is 0 Å². The first-order valence-corrected chi connectivity index (χ1v) is 10.2. The van der Waals surface area contributed by atoms with Gasteiger partial charge in [0.05, 0.1) is 17.9 Å². The fourth-order valence-electron chi connectivity index (χ4n) is 3.57. The second-order valence-corrected chi connectivity index (χ2v) is 8.06. The molecule has 1 saturated heterocycles. The van der Waals surface area contributed by atoms with E-state index in [1.54, 1.807) is 48.7 Å². The van der Waals surface area contributed by atoms with Crippen molar-refractivity contribution in [3.63, 3.8) is 0 Å². The molecule has 1 aromatic heterocycles. The predicted octanol–water partition coefficient (Wildman–Crippen LogP) is 1.80. The summed E-state index contributed by atoms with van der Waals surface area (Å²) in [5, 5.41) is 4.55. The van der Waals surface area contributed by atoms with Gasteiger partial charge in [0.25, 0.3) is 0 Å². The number of amides is 6. The van der Waals surface area contributed by atoms with Crippen molar-refractivity contribution in [2.75, 3.05) is 16.8 Å². The van der Waals surface area contributed by atoms with Gasteiger partial charge in [-0.1, -0.05) is 18.2 Å². The van der Waals surface area contributed by atoms with Crippen molar-refractivity contribution in [1.82, 2.24) is 9.80 Å². The molecule has 0 spiro atoms. The molecule has 10 heteroatoms. The third kappa shape index (κ3) is 3.45. The topological polar surface area (TPSA) is 107 Å². The van der Waals surface area contributed by atoms with Crippen molar-refractivity contribution >= 4 is 52.4 Å². The number of para-hydroxylation sites is 2. The summed E-state index contributed by atoms with van der Waals surface area (Å²) in [7, 11) is 0. The molecule has 2 aliphatic rings. The average molecular weight is 426 g/mol. The monoisotopic (exact) mass is 426 g/mol. The first kappa shape index (κ1) is 19.8. The van der Waals surface area contributed by atoms with Crippen LogP contribution in [0.1, 0.15) is 18.2 Å². The number of imide groups is 2. The summed E-state index contributed by atoms with van der Waals surface area (Å²) < 4.78 is 0. The second-order valence-electron chi connectivity index (χ2n) is 7.03. The fraction of sp³-hybridized carbons (Fsp3) is 0.250. The van der Waals surface area contributed by atoms with E-state index in [9.17, 15) is 24.0 Å². The normalized spacial score (nSPS) is 19.1. The Kier molecular flexibility index (Phi) is 5.08. The molecule has 0 aliphatic carbocycles. The maximum absolute atomic E-state index is 13.1. The van der Waals surface area contributed by atoms with Gasteiger partial charge in [-0.05, 0) is 30.5 Å². The van der Waals surface area contributed by atoms with Gasteiger partial charge in [0.15, 0.2) is 0 Å². The number of thiophene rings is 1. The van der Waals surface area contributed by atoms with E-state index in [1.807, 2.05) is 0 Å². The number of rotatable bonds is 4. The maximum atomic E-state index is 13.1. The van der Waals surface area contributed by atoms with E-state index in [1.165, 1.54) is 16.2 Å². The van der Waals surface area contributed by atoms with E-state index in [-0.39, 0.29) is 18.9 Å². The molecule has 3 heterocycles. The number of fused-ring (bicyclic) bond motifs is 1. The number of carbonyl (C=O) groups is 5. The molecule has 1 N–H and O–H groups in total. The van der Waals surface area contributed by atoms with Gasteiger partial charge in [-0.3, -0.25) is 24.1 Å². The minimum absolute atomic E-state index is 0.0207. The molecule has 0 saturated carbocycles. The highest BCUT2D eigenvalue weighted by Crippen LogP contribution is 2.31. The largest absolute Gasteiger partial charge is 0.335 e. The summed E-state index contributed by atoms with van der Waals surface area (Å²) in [6.45, 7) is 1.10. The zero-order chi connectivity index (χ0) is 21.4. The minimum Gasteiger partial charge on any atom is -0.324 e. The zero-order valence-corrected chi connectivity index (χ0v) is 16.8. The molecule has 30 heavy (non-hydrogen) atoms. The third-order valence-electron chi connectivity index (χ3n) is 4.95. The third-order valence-corrected chi connectivity index (χ3v) is 5.81. The van der Waals surface area contributed by atoms with E-state index in [0.29, 0.717) is 16.3 Å². The molecule has 1 atom stereocenters. The number of nitrogens with one attached hydrogen (secondary N) is 1. The Morgan fingerprint density at radius 2 is 1.80 bits per heavy atom. The average Bonchev–Trinajstić information content (AvgIpc) is 3.25. The molecular formula is C20H18N4O5S. The number of hydrogen-bond acceptors (Lipinski definition) is 6. The molecule has 4 rings (SSSR count). The van der Waals surface area contributed by atoms with Crippen LogP contribution in [-0.2, 0) is 25.7 Å². The van der Waals surface area contributed by atoms with Gasteiger partial charge in [0.2, 0.25) is 11.8 Å². The summed E-state index contributed by atoms with van der Waals surface area (Å²) in [5.41, 5.74) is 0.941. The van der Waals surface area contributed by atoms with E-state index in [0.717, 1.165) is 9.78 Å². The van der Waals surface area contributed by atoms with Crippen LogP contribution in [-0.4, -0.2) is 52.0 Å². The van der Waals surface area contributed by atoms with Crippen LogP contribution in [0.4, 0.5) is 16.2 Å². The summed E-state index contributed by atoms with van der Waals surface area (Å²) in [6.07, 6.45) is 0.0613. The lowest BCUT2D eigenvalue weighted by atomic mass is 10.1. The highest BCUT2D eigenvalue weighted by atomic mass is 32.1. The highest BCUT2D eigenvalue weighted by molar-refractivity contribution is 7.09. The second kappa shape index (κ2) is 7.71. The first-order chi connectivity index (χ1) is 14.4. The summed E-state index contributed by atoms with van der Waals surface area (Å²) in [4.78, 5) is 66.3. The fourth-order valence-corrected chi connectivity index (χ4v) is 4.26. The predicted molar refractivity (Wildman–Crippen MR) is 109 cm³/mol. The molecule has 2 aromatic rings. The molecule has 0 bridgehead atoms. The number of nitrogens with zero attached hydrogens (tertiary/aromatic N) is 3.